The molecule has 144 valence electrons. The predicted molar refractivity (Wildman–Crippen MR) is 117 cm³/mol. The molecule has 0 N–H and O–H groups in total. The van der Waals surface area contributed by atoms with Crippen LogP contribution >= 0.6 is 0 Å². The molecule has 0 saturated carbocycles. The van der Waals surface area contributed by atoms with Crippen LogP contribution in [-0.4, -0.2) is 28.2 Å². The molecule has 3 aromatic carbocycles. The average Bonchev–Trinajstić information content (AvgIpc) is 2.68. The first-order valence-electron chi connectivity index (χ1n) is 9.27. The molecule has 0 radical (unpaired) electrons. The van der Waals surface area contributed by atoms with E-state index in [4.69, 9.17) is 0 Å². The Morgan fingerprint density at radius 2 is 1.21 bits per heavy atom. The fourth-order valence-corrected chi connectivity index (χ4v) is 3.79. The number of rotatable bonds is 3. The topological polar surface area (TPSA) is 10.4 Å². The summed E-state index contributed by atoms with van der Waals surface area (Å²) >= 11 is 0. The van der Waals surface area contributed by atoms with Crippen molar-refractivity contribution in [2.45, 2.75) is 0 Å². The number of benzene rings is 3. The van der Waals surface area contributed by atoms with Crippen molar-refractivity contribution in [1.82, 2.24) is 0 Å². The Morgan fingerprint density at radius 3 is 1.82 bits per heavy atom. The Balaban J connectivity index is 0.00000225. The second-order valence-electron chi connectivity index (χ2n) is 7.49. The van der Waals surface area contributed by atoms with Crippen molar-refractivity contribution in [1.29, 1.82) is 0 Å². The Morgan fingerprint density at radius 1 is 0.643 bits per heavy atom. The highest BCUT2D eigenvalue weighted by atomic mass is 127. The van der Waals surface area contributed by atoms with Gasteiger partial charge in [0.05, 0.1) is 10.8 Å². The third kappa shape index (κ3) is 3.41. The summed E-state index contributed by atoms with van der Waals surface area (Å²) in [6, 6.07) is 24.2. The van der Waals surface area contributed by atoms with Crippen molar-refractivity contribution < 1.29 is 28.5 Å². The van der Waals surface area contributed by atoms with Gasteiger partial charge in [-0.15, -0.1) is 0 Å². The summed E-state index contributed by atoms with van der Waals surface area (Å²) in [7, 11) is 10.5. The molecular weight excluding hydrogens is 457 g/mol. The van der Waals surface area contributed by atoms with Gasteiger partial charge in [0.25, 0.3) is 0 Å². The fraction of sp³-hybridized carbons (Fsp3) is 0.208. The van der Waals surface area contributed by atoms with Crippen LogP contribution < -0.4 is 38.3 Å². The van der Waals surface area contributed by atoms with E-state index in [-0.39, 0.29) is 24.0 Å². The van der Waals surface area contributed by atoms with E-state index >= 15 is 0 Å². The second kappa shape index (κ2) is 7.95. The van der Waals surface area contributed by atoms with Gasteiger partial charge < -0.3 is 33.8 Å². The van der Waals surface area contributed by atoms with Crippen molar-refractivity contribution in [3.05, 3.63) is 66.7 Å². The van der Waals surface area contributed by atoms with Crippen molar-refractivity contribution in [3.8, 4) is 11.3 Å². The first kappa shape index (κ1) is 20.4. The number of hydrogen-bond donors (Lipinski definition) is 0. The lowest BCUT2D eigenvalue weighted by Crippen LogP contribution is -3.00. The number of hydrogen-bond acceptors (Lipinski definition) is 2. The van der Waals surface area contributed by atoms with E-state index in [1.54, 1.807) is 0 Å². The van der Waals surface area contributed by atoms with Crippen LogP contribution in [0.1, 0.15) is 0 Å². The molecule has 0 unspecified atom stereocenters. The van der Waals surface area contributed by atoms with Crippen LogP contribution in [0.4, 0.5) is 11.4 Å². The minimum Gasteiger partial charge on any atom is -1.00 e. The summed E-state index contributed by atoms with van der Waals surface area (Å²) in [5.41, 5.74) is 6.14. The van der Waals surface area contributed by atoms with E-state index < -0.39 is 0 Å². The van der Waals surface area contributed by atoms with E-state index in [2.05, 4.69) is 116 Å². The summed E-state index contributed by atoms with van der Waals surface area (Å²) in [6.07, 6.45) is 0. The zero-order valence-electron chi connectivity index (χ0n) is 17.1. The molecule has 3 nitrogen and oxygen atoms in total. The zero-order chi connectivity index (χ0) is 19.1. The first-order chi connectivity index (χ1) is 13.0. The van der Waals surface area contributed by atoms with Gasteiger partial charge in [0.2, 0.25) is 11.2 Å². The number of aromatic nitrogens is 1. The van der Waals surface area contributed by atoms with Gasteiger partial charge in [0.1, 0.15) is 7.05 Å². The molecule has 0 spiro atoms. The van der Waals surface area contributed by atoms with Gasteiger partial charge in [0.15, 0.2) is 0 Å². The third-order valence-electron chi connectivity index (χ3n) is 5.31. The summed E-state index contributed by atoms with van der Waals surface area (Å²) in [4.78, 5) is 4.31. The van der Waals surface area contributed by atoms with Gasteiger partial charge in [0, 0.05) is 56.6 Å². The van der Waals surface area contributed by atoms with Gasteiger partial charge in [-0.3, -0.25) is 0 Å². The molecule has 4 heteroatoms. The van der Waals surface area contributed by atoms with Gasteiger partial charge in [-0.05, 0) is 36.4 Å². The van der Waals surface area contributed by atoms with Crippen LogP contribution in [0, 0.1) is 0 Å². The molecule has 0 amide bonds. The van der Waals surface area contributed by atoms with Gasteiger partial charge in [-0.2, -0.15) is 4.57 Å². The zero-order valence-corrected chi connectivity index (χ0v) is 19.2. The minimum atomic E-state index is 0. The molecule has 28 heavy (non-hydrogen) atoms. The Hall–Kier alpha value is -2.34. The maximum Gasteiger partial charge on any atom is 0.220 e. The fourth-order valence-electron chi connectivity index (χ4n) is 3.79. The third-order valence-corrected chi connectivity index (χ3v) is 5.31. The highest BCUT2D eigenvalue weighted by Gasteiger charge is 2.21. The minimum absolute atomic E-state index is 0. The van der Waals surface area contributed by atoms with Crippen molar-refractivity contribution in [3.63, 3.8) is 0 Å². The summed E-state index contributed by atoms with van der Waals surface area (Å²) in [6.45, 7) is 0. The average molecular weight is 483 g/mol. The molecule has 0 bridgehead atoms. The van der Waals surface area contributed by atoms with Crippen LogP contribution in [0.15, 0.2) is 66.7 Å². The van der Waals surface area contributed by atoms with E-state index in [1.165, 1.54) is 44.3 Å². The lowest BCUT2D eigenvalue weighted by atomic mass is 9.98. The van der Waals surface area contributed by atoms with E-state index in [0.717, 1.165) is 0 Å². The molecule has 0 fully saturated rings. The summed E-state index contributed by atoms with van der Waals surface area (Å²) < 4.78 is 2.33. The highest BCUT2D eigenvalue weighted by Crippen LogP contribution is 2.34. The molecule has 0 aliphatic rings. The Bertz CT molecular complexity index is 1140. The largest absolute Gasteiger partial charge is 1.00 e. The number of anilines is 2. The van der Waals surface area contributed by atoms with E-state index in [0.29, 0.717) is 0 Å². The quantitative estimate of drug-likeness (QED) is 0.249. The van der Waals surface area contributed by atoms with E-state index in [1.807, 2.05) is 0 Å². The van der Waals surface area contributed by atoms with E-state index in [9.17, 15) is 0 Å². The van der Waals surface area contributed by atoms with Crippen LogP contribution in [0.5, 0.6) is 0 Å². The Labute approximate surface area is 184 Å². The predicted octanol–water partition coefficient (Wildman–Crippen LogP) is 1.62. The standard InChI is InChI=1S/C24H26N3.HI/c1-25(2)18-11-13-20-21-14-12-19(26(3)4)16-23(21)27(5)24(22(20)15-18)17-9-7-6-8-10-17;/h6-16H,1-5H3;1H/q+1;/p-1. The maximum absolute atomic E-state index is 2.33. The number of fused-ring (bicyclic) bond motifs is 3. The van der Waals surface area contributed by atoms with Gasteiger partial charge >= 0.3 is 0 Å². The molecule has 0 atom stereocenters. The van der Waals surface area contributed by atoms with Crippen molar-refractivity contribution in [2.75, 3.05) is 38.0 Å². The number of nitrogens with zero attached hydrogens (tertiary/aromatic N) is 3. The van der Waals surface area contributed by atoms with Crippen LogP contribution in [0.2, 0.25) is 0 Å². The summed E-state index contributed by atoms with van der Waals surface area (Å²) in [5.74, 6) is 0. The van der Waals surface area contributed by atoms with Crippen LogP contribution in [-0.2, 0) is 7.05 Å². The van der Waals surface area contributed by atoms with Crippen molar-refractivity contribution >= 4 is 33.1 Å². The number of aryl methyl sites for hydroxylation is 1. The second-order valence-corrected chi connectivity index (χ2v) is 7.49. The van der Waals surface area contributed by atoms with Gasteiger partial charge in [-0.25, -0.2) is 0 Å². The molecular formula is C24H26IN3. The monoisotopic (exact) mass is 483 g/mol. The molecule has 0 aliphatic carbocycles. The van der Waals surface area contributed by atoms with Crippen LogP contribution in [0.3, 0.4) is 0 Å². The summed E-state index contributed by atoms with van der Waals surface area (Å²) in [5, 5.41) is 3.85. The van der Waals surface area contributed by atoms with Gasteiger partial charge in [-0.1, -0.05) is 24.3 Å². The highest BCUT2D eigenvalue weighted by molar-refractivity contribution is 6.10. The lowest BCUT2D eigenvalue weighted by molar-refractivity contribution is -0.632. The molecule has 1 aromatic heterocycles. The number of pyridine rings is 1. The molecule has 0 aliphatic heterocycles. The molecule has 4 rings (SSSR count). The maximum atomic E-state index is 2.33. The molecule has 0 saturated heterocycles. The first-order valence-corrected chi connectivity index (χ1v) is 9.27. The lowest BCUT2D eigenvalue weighted by Gasteiger charge is -2.17. The SMILES string of the molecule is CN(C)c1ccc2c(c1)c(-c1ccccc1)[n+](C)c1cc(N(C)C)ccc21.[I-]. The molecule has 1 heterocycles. The molecule has 4 aromatic rings. The Kier molecular flexibility index (Phi) is 5.79. The number of halogens is 1. The normalized spacial score (nSPS) is 10.8. The smallest absolute Gasteiger partial charge is 0.220 e. The van der Waals surface area contributed by atoms with Crippen molar-refractivity contribution in [2.24, 2.45) is 7.05 Å². The van der Waals surface area contributed by atoms with Crippen LogP contribution in [0.25, 0.3) is 32.9 Å².